The first-order valence-electron chi connectivity index (χ1n) is 5.29. The van der Waals surface area contributed by atoms with Crippen LogP contribution in [-0.2, 0) is 0 Å². The molecule has 0 radical (unpaired) electrons. The summed E-state index contributed by atoms with van der Waals surface area (Å²) in [6, 6.07) is 12.4. The van der Waals surface area contributed by atoms with Crippen LogP contribution in [0, 0.1) is 0 Å². The lowest BCUT2D eigenvalue weighted by Crippen LogP contribution is -2.20. The van der Waals surface area contributed by atoms with Crippen LogP contribution in [0.25, 0.3) is 20.2 Å². The Morgan fingerprint density at radius 1 is 0.889 bits per heavy atom. The van der Waals surface area contributed by atoms with E-state index in [0.29, 0.717) is 0 Å². The highest BCUT2D eigenvalue weighted by Gasteiger charge is 2.27. The molecule has 3 aromatic rings. The third-order valence-electron chi connectivity index (χ3n) is 2.66. The molecule has 0 bridgehead atoms. The highest BCUT2D eigenvalue weighted by atomic mass is 32.1. The van der Waals surface area contributed by atoms with E-state index in [9.17, 15) is 13.2 Å². The second kappa shape index (κ2) is 3.88. The van der Waals surface area contributed by atoms with Crippen LogP contribution in [-0.4, -0.2) is 6.30 Å². The number of thiophene rings is 1. The number of halogens is 3. The molecule has 2 aromatic carbocycles. The number of hydrogen-bond acceptors (Lipinski definition) is 2. The van der Waals surface area contributed by atoms with Gasteiger partial charge >= 0.3 is 6.30 Å². The number of anilines is 1. The second-order valence-electron chi connectivity index (χ2n) is 3.93. The summed E-state index contributed by atoms with van der Waals surface area (Å²) in [5.74, 6) is 0. The maximum absolute atomic E-state index is 12.3. The summed E-state index contributed by atoms with van der Waals surface area (Å²) in [6.07, 6.45) is -4.40. The van der Waals surface area contributed by atoms with Gasteiger partial charge in [-0.15, -0.1) is 11.3 Å². The lowest BCUT2D eigenvalue weighted by atomic mass is 10.1. The van der Waals surface area contributed by atoms with Gasteiger partial charge in [0.1, 0.15) is 0 Å². The van der Waals surface area contributed by atoms with Gasteiger partial charge in [0.2, 0.25) is 0 Å². The van der Waals surface area contributed by atoms with Crippen molar-refractivity contribution >= 4 is 37.2 Å². The SMILES string of the molecule is FC(F)(F)Nc1ccc2sc3ccccc3c2c1. The molecule has 5 heteroatoms. The van der Waals surface area contributed by atoms with Gasteiger partial charge < -0.3 is 0 Å². The van der Waals surface area contributed by atoms with Crippen molar-refractivity contribution in [2.45, 2.75) is 6.30 Å². The zero-order chi connectivity index (χ0) is 12.8. The molecular weight excluding hydrogens is 259 g/mol. The lowest BCUT2D eigenvalue weighted by molar-refractivity contribution is -0.0999. The topological polar surface area (TPSA) is 12.0 Å². The third-order valence-corrected chi connectivity index (χ3v) is 3.81. The Hall–Kier alpha value is -1.75. The van der Waals surface area contributed by atoms with E-state index >= 15 is 0 Å². The van der Waals surface area contributed by atoms with Gasteiger partial charge in [-0.2, -0.15) is 13.2 Å². The van der Waals surface area contributed by atoms with Crippen molar-refractivity contribution in [3.05, 3.63) is 42.5 Å². The molecule has 1 N–H and O–H groups in total. The van der Waals surface area contributed by atoms with Gasteiger partial charge in [0, 0.05) is 25.9 Å². The molecule has 92 valence electrons. The minimum Gasteiger partial charge on any atom is -0.297 e. The average molecular weight is 267 g/mol. The fraction of sp³-hybridized carbons (Fsp3) is 0.0769. The molecular formula is C13H8F3NS. The quantitative estimate of drug-likeness (QED) is 0.613. The minimum atomic E-state index is -4.40. The molecule has 0 fully saturated rings. The first-order valence-corrected chi connectivity index (χ1v) is 6.11. The predicted molar refractivity (Wildman–Crippen MR) is 69.0 cm³/mol. The first-order chi connectivity index (χ1) is 8.53. The van der Waals surface area contributed by atoms with E-state index in [1.165, 1.54) is 11.4 Å². The van der Waals surface area contributed by atoms with E-state index in [1.807, 2.05) is 24.3 Å². The highest BCUT2D eigenvalue weighted by molar-refractivity contribution is 7.25. The van der Waals surface area contributed by atoms with Crippen molar-refractivity contribution in [1.29, 1.82) is 0 Å². The van der Waals surface area contributed by atoms with Crippen molar-refractivity contribution in [3.8, 4) is 0 Å². The summed E-state index contributed by atoms with van der Waals surface area (Å²) in [5.41, 5.74) is 0.0681. The molecule has 1 nitrogen and oxygen atoms in total. The van der Waals surface area contributed by atoms with E-state index < -0.39 is 6.30 Å². The third kappa shape index (κ3) is 2.01. The van der Waals surface area contributed by atoms with E-state index in [4.69, 9.17) is 0 Å². The Bertz CT molecular complexity index is 715. The maximum Gasteiger partial charge on any atom is 0.482 e. The summed E-state index contributed by atoms with van der Waals surface area (Å²) in [6.45, 7) is 0. The molecule has 0 aliphatic rings. The Morgan fingerprint density at radius 3 is 2.39 bits per heavy atom. The van der Waals surface area contributed by atoms with Gasteiger partial charge in [0.25, 0.3) is 0 Å². The monoisotopic (exact) mass is 267 g/mol. The molecule has 18 heavy (non-hydrogen) atoms. The van der Waals surface area contributed by atoms with E-state index in [0.717, 1.165) is 20.2 Å². The Kier molecular flexibility index (Phi) is 2.45. The molecule has 0 saturated carbocycles. The van der Waals surface area contributed by atoms with Crippen molar-refractivity contribution in [2.75, 3.05) is 5.32 Å². The van der Waals surface area contributed by atoms with Crippen LogP contribution >= 0.6 is 11.3 Å². The zero-order valence-electron chi connectivity index (χ0n) is 9.08. The molecule has 0 atom stereocenters. The number of nitrogens with one attached hydrogen (secondary N) is 1. The fourth-order valence-electron chi connectivity index (χ4n) is 1.97. The van der Waals surface area contributed by atoms with E-state index in [-0.39, 0.29) is 5.69 Å². The summed E-state index contributed by atoms with van der Waals surface area (Å²) < 4.78 is 38.9. The van der Waals surface area contributed by atoms with Gasteiger partial charge in [0.15, 0.2) is 0 Å². The normalized spacial score (nSPS) is 12.2. The van der Waals surface area contributed by atoms with Crippen LogP contribution in [0.4, 0.5) is 18.9 Å². The van der Waals surface area contributed by atoms with Crippen LogP contribution in [0.5, 0.6) is 0 Å². The van der Waals surface area contributed by atoms with E-state index in [1.54, 1.807) is 23.5 Å². The lowest BCUT2D eigenvalue weighted by Gasteiger charge is -2.09. The van der Waals surface area contributed by atoms with Crippen LogP contribution < -0.4 is 5.32 Å². The number of alkyl halides is 3. The molecule has 1 aromatic heterocycles. The first kappa shape index (κ1) is 11.3. The summed E-state index contributed by atoms with van der Waals surface area (Å²) in [5, 5.41) is 3.37. The Labute approximate surface area is 105 Å². The van der Waals surface area contributed by atoms with Gasteiger partial charge in [-0.05, 0) is 24.3 Å². The van der Waals surface area contributed by atoms with Crippen molar-refractivity contribution in [3.63, 3.8) is 0 Å². The van der Waals surface area contributed by atoms with Crippen LogP contribution in [0.15, 0.2) is 42.5 Å². The summed E-state index contributed by atoms with van der Waals surface area (Å²) in [7, 11) is 0. The average Bonchev–Trinajstić information content (AvgIpc) is 2.65. The molecule has 0 amide bonds. The number of rotatable bonds is 1. The molecule has 1 heterocycles. The summed E-state index contributed by atoms with van der Waals surface area (Å²) >= 11 is 1.58. The largest absolute Gasteiger partial charge is 0.482 e. The molecule has 0 aliphatic carbocycles. The van der Waals surface area contributed by atoms with Gasteiger partial charge in [-0.3, -0.25) is 5.32 Å². The number of benzene rings is 2. The smallest absolute Gasteiger partial charge is 0.297 e. The van der Waals surface area contributed by atoms with Crippen molar-refractivity contribution in [2.24, 2.45) is 0 Å². The molecule has 0 saturated heterocycles. The van der Waals surface area contributed by atoms with Crippen LogP contribution in [0.3, 0.4) is 0 Å². The van der Waals surface area contributed by atoms with Crippen molar-refractivity contribution < 1.29 is 13.2 Å². The summed E-state index contributed by atoms with van der Waals surface area (Å²) in [4.78, 5) is 0. The van der Waals surface area contributed by atoms with Gasteiger partial charge in [-0.25, -0.2) is 0 Å². The molecule has 0 unspecified atom stereocenters. The highest BCUT2D eigenvalue weighted by Crippen LogP contribution is 2.35. The van der Waals surface area contributed by atoms with Gasteiger partial charge in [-0.1, -0.05) is 18.2 Å². The predicted octanol–water partition coefficient (Wildman–Crippen LogP) is 4.99. The molecule has 0 spiro atoms. The number of fused-ring (bicyclic) bond motifs is 3. The van der Waals surface area contributed by atoms with Crippen LogP contribution in [0.2, 0.25) is 0 Å². The second-order valence-corrected chi connectivity index (χ2v) is 5.02. The standard InChI is InChI=1S/C13H8F3NS/c14-13(15,16)17-8-5-6-12-10(7-8)9-3-1-2-4-11(9)18-12/h1-7,17H. The Balaban J connectivity index is 2.18. The van der Waals surface area contributed by atoms with Gasteiger partial charge in [0.05, 0.1) is 0 Å². The van der Waals surface area contributed by atoms with Crippen molar-refractivity contribution in [1.82, 2.24) is 0 Å². The fourth-order valence-corrected chi connectivity index (χ4v) is 3.05. The Morgan fingerprint density at radius 2 is 1.61 bits per heavy atom. The number of hydrogen-bond donors (Lipinski definition) is 1. The molecule has 0 aliphatic heterocycles. The van der Waals surface area contributed by atoms with Crippen LogP contribution in [0.1, 0.15) is 0 Å². The zero-order valence-corrected chi connectivity index (χ0v) is 9.90. The minimum absolute atomic E-state index is 0.0681. The van der Waals surface area contributed by atoms with E-state index in [2.05, 4.69) is 0 Å². The maximum atomic E-state index is 12.3. The molecule has 3 rings (SSSR count).